The van der Waals surface area contributed by atoms with Gasteiger partial charge in [0.25, 0.3) is 0 Å². The molecule has 0 fully saturated rings. The summed E-state index contributed by atoms with van der Waals surface area (Å²) in [7, 11) is -0.738. The number of hydrogen-bond donors (Lipinski definition) is 0. The van der Waals surface area contributed by atoms with E-state index in [0.717, 1.165) is 0 Å². The van der Waals surface area contributed by atoms with Gasteiger partial charge >= 0.3 is 0 Å². The summed E-state index contributed by atoms with van der Waals surface area (Å²) in [5.74, 6) is 1.58. The number of rotatable bonds is 5. The van der Waals surface area contributed by atoms with Gasteiger partial charge < -0.3 is 0 Å². The van der Waals surface area contributed by atoms with Gasteiger partial charge in [0.1, 0.15) is 0 Å². The maximum absolute atomic E-state index is 2.45. The standard InChI is InChI=1S/C10H23Si/c1-10(2)8-6-7-9-11(3,4)5/h6-9H2,1-5H3. The zero-order valence-corrected chi connectivity index (χ0v) is 9.83. The molecule has 0 saturated carbocycles. The molecule has 0 bridgehead atoms. The van der Waals surface area contributed by atoms with Crippen LogP contribution in [0.4, 0.5) is 0 Å². The summed E-state index contributed by atoms with van der Waals surface area (Å²) in [6, 6.07) is 1.50. The van der Waals surface area contributed by atoms with Crippen LogP contribution in [-0.2, 0) is 0 Å². The quantitative estimate of drug-likeness (QED) is 0.431. The largest absolute Gasteiger partial charge is 0.0695 e. The minimum atomic E-state index is -0.738. The minimum Gasteiger partial charge on any atom is -0.0695 e. The van der Waals surface area contributed by atoms with Crippen LogP contribution in [0.15, 0.2) is 0 Å². The fourth-order valence-corrected chi connectivity index (χ4v) is 2.44. The molecule has 0 saturated heterocycles. The highest BCUT2D eigenvalue weighted by atomic mass is 28.3. The normalized spacial score (nSPS) is 12.5. The zero-order valence-electron chi connectivity index (χ0n) is 8.83. The molecule has 0 aliphatic carbocycles. The van der Waals surface area contributed by atoms with Gasteiger partial charge in [0.15, 0.2) is 0 Å². The molecule has 0 aliphatic rings. The monoisotopic (exact) mass is 171 g/mol. The van der Waals surface area contributed by atoms with Crippen LogP contribution in [0.3, 0.4) is 0 Å². The smallest absolute Gasteiger partial charge is 0.0442 e. The first-order chi connectivity index (χ1) is 4.92. The summed E-state index contributed by atoms with van der Waals surface area (Å²) < 4.78 is 0. The third-order valence-corrected chi connectivity index (χ3v) is 3.71. The van der Waals surface area contributed by atoms with Gasteiger partial charge in [0.2, 0.25) is 0 Å². The number of unbranched alkanes of at least 4 members (excludes halogenated alkanes) is 1. The predicted octanol–water partition coefficient (Wildman–Crippen LogP) is 4.11. The molecule has 11 heavy (non-hydrogen) atoms. The van der Waals surface area contributed by atoms with Crippen LogP contribution in [0.1, 0.15) is 33.1 Å². The van der Waals surface area contributed by atoms with Crippen LogP contribution in [0.2, 0.25) is 25.7 Å². The summed E-state index contributed by atoms with van der Waals surface area (Å²) in [6.07, 6.45) is 4.19. The molecule has 0 heterocycles. The third-order valence-electron chi connectivity index (χ3n) is 1.85. The van der Waals surface area contributed by atoms with Gasteiger partial charge in [-0.3, -0.25) is 0 Å². The highest BCUT2D eigenvalue weighted by Gasteiger charge is 2.11. The van der Waals surface area contributed by atoms with E-state index in [1.807, 2.05) is 0 Å². The highest BCUT2D eigenvalue weighted by molar-refractivity contribution is 6.76. The van der Waals surface area contributed by atoms with Gasteiger partial charge in [-0.15, -0.1) is 0 Å². The molecule has 1 radical (unpaired) electrons. The second kappa shape index (κ2) is 4.97. The van der Waals surface area contributed by atoms with E-state index in [9.17, 15) is 0 Å². The summed E-state index contributed by atoms with van der Waals surface area (Å²) >= 11 is 0. The average Bonchev–Trinajstić information content (AvgIpc) is 1.78. The van der Waals surface area contributed by atoms with Crippen molar-refractivity contribution in [1.82, 2.24) is 0 Å². The minimum absolute atomic E-state index is 0.738. The summed E-state index contributed by atoms with van der Waals surface area (Å²) in [5.41, 5.74) is 0. The Hall–Kier alpha value is 0.217. The van der Waals surface area contributed by atoms with E-state index >= 15 is 0 Å². The molecular weight excluding hydrogens is 148 g/mol. The fourth-order valence-electron chi connectivity index (χ4n) is 1.13. The Morgan fingerprint density at radius 2 is 1.55 bits per heavy atom. The molecule has 0 aliphatic heterocycles. The van der Waals surface area contributed by atoms with Crippen LogP contribution in [0.5, 0.6) is 0 Å². The Bertz CT molecular complexity index is 89.5. The van der Waals surface area contributed by atoms with E-state index in [0.29, 0.717) is 0 Å². The van der Waals surface area contributed by atoms with E-state index in [1.54, 1.807) is 5.92 Å². The van der Waals surface area contributed by atoms with Gasteiger partial charge in [-0.2, -0.15) is 0 Å². The van der Waals surface area contributed by atoms with Crippen LogP contribution in [0, 0.1) is 5.92 Å². The molecule has 0 rings (SSSR count). The molecule has 0 aromatic rings. The maximum atomic E-state index is 2.45. The van der Waals surface area contributed by atoms with Gasteiger partial charge in [-0.05, 0) is 12.3 Å². The molecule has 1 heteroatoms. The Kier molecular flexibility index (Phi) is 5.07. The average molecular weight is 171 g/mol. The highest BCUT2D eigenvalue weighted by Crippen LogP contribution is 2.16. The first-order valence-electron chi connectivity index (χ1n) is 4.71. The SMILES string of the molecule is C[C](C)CCCC[Si](C)(C)C. The number of hydrogen-bond acceptors (Lipinski definition) is 0. The molecule has 0 atom stereocenters. The van der Waals surface area contributed by atoms with Gasteiger partial charge in [0, 0.05) is 8.07 Å². The lowest BCUT2D eigenvalue weighted by Gasteiger charge is -2.15. The third kappa shape index (κ3) is 10.2. The van der Waals surface area contributed by atoms with Gasteiger partial charge in [-0.1, -0.05) is 52.4 Å². The maximum Gasteiger partial charge on any atom is 0.0442 e. The zero-order chi connectivity index (χ0) is 8.91. The van der Waals surface area contributed by atoms with E-state index in [2.05, 4.69) is 33.5 Å². The molecule has 0 nitrogen and oxygen atoms in total. The van der Waals surface area contributed by atoms with E-state index in [4.69, 9.17) is 0 Å². The van der Waals surface area contributed by atoms with Crippen LogP contribution < -0.4 is 0 Å². The summed E-state index contributed by atoms with van der Waals surface area (Å²) in [4.78, 5) is 0. The lowest BCUT2D eigenvalue weighted by Crippen LogP contribution is -2.18. The van der Waals surface area contributed by atoms with Crippen LogP contribution in [-0.4, -0.2) is 8.07 Å². The molecule has 0 amide bonds. The Morgan fingerprint density at radius 1 is 1.00 bits per heavy atom. The molecule has 67 valence electrons. The Morgan fingerprint density at radius 3 is 1.91 bits per heavy atom. The van der Waals surface area contributed by atoms with Crippen molar-refractivity contribution in [3.05, 3.63) is 5.92 Å². The molecule has 0 N–H and O–H groups in total. The van der Waals surface area contributed by atoms with Crippen molar-refractivity contribution in [2.24, 2.45) is 0 Å². The van der Waals surface area contributed by atoms with Crippen molar-refractivity contribution in [2.75, 3.05) is 0 Å². The van der Waals surface area contributed by atoms with Crippen molar-refractivity contribution in [3.63, 3.8) is 0 Å². The predicted molar refractivity (Wildman–Crippen MR) is 56.6 cm³/mol. The van der Waals surface area contributed by atoms with Gasteiger partial charge in [-0.25, -0.2) is 0 Å². The fraction of sp³-hybridized carbons (Fsp3) is 0.900. The first kappa shape index (κ1) is 11.2. The lowest BCUT2D eigenvalue weighted by molar-refractivity contribution is 0.723. The molecule has 0 spiro atoms. The molecule has 0 aromatic heterocycles. The van der Waals surface area contributed by atoms with Crippen molar-refractivity contribution in [2.45, 2.75) is 58.8 Å². The topological polar surface area (TPSA) is 0 Å². The van der Waals surface area contributed by atoms with Crippen LogP contribution >= 0.6 is 0 Å². The van der Waals surface area contributed by atoms with E-state index in [-0.39, 0.29) is 0 Å². The second-order valence-corrected chi connectivity index (χ2v) is 10.6. The Labute approximate surface area is 73.4 Å². The van der Waals surface area contributed by atoms with Crippen molar-refractivity contribution < 1.29 is 0 Å². The van der Waals surface area contributed by atoms with E-state index in [1.165, 1.54) is 25.3 Å². The van der Waals surface area contributed by atoms with E-state index < -0.39 is 8.07 Å². The Balaban J connectivity index is 3.15. The van der Waals surface area contributed by atoms with Crippen molar-refractivity contribution in [3.8, 4) is 0 Å². The molecular formula is C10H23Si. The lowest BCUT2D eigenvalue weighted by atomic mass is 10.1. The first-order valence-corrected chi connectivity index (χ1v) is 8.41. The van der Waals surface area contributed by atoms with Gasteiger partial charge in [0.05, 0.1) is 0 Å². The summed E-state index contributed by atoms with van der Waals surface area (Å²) in [6.45, 7) is 11.8. The van der Waals surface area contributed by atoms with Crippen LogP contribution in [0.25, 0.3) is 0 Å². The second-order valence-electron chi connectivity index (χ2n) is 4.97. The van der Waals surface area contributed by atoms with Crippen molar-refractivity contribution >= 4 is 8.07 Å². The van der Waals surface area contributed by atoms with Crippen molar-refractivity contribution in [1.29, 1.82) is 0 Å². The molecule has 0 aromatic carbocycles. The molecule has 0 unspecified atom stereocenters. The summed E-state index contributed by atoms with van der Waals surface area (Å²) in [5, 5.41) is 0.